The summed E-state index contributed by atoms with van der Waals surface area (Å²) in [6.07, 6.45) is 1.28. The van der Waals surface area contributed by atoms with Crippen LogP contribution >= 0.6 is 0 Å². The van der Waals surface area contributed by atoms with Gasteiger partial charge in [0.2, 0.25) is 0 Å². The van der Waals surface area contributed by atoms with Crippen LogP contribution in [0.5, 0.6) is 0 Å². The van der Waals surface area contributed by atoms with Crippen molar-refractivity contribution in [3.8, 4) is 0 Å². The van der Waals surface area contributed by atoms with E-state index in [4.69, 9.17) is 3.48 Å². The van der Waals surface area contributed by atoms with Crippen molar-refractivity contribution in [1.29, 1.82) is 0 Å². The number of rotatable bonds is 5. The molecule has 0 bridgehead atoms. The van der Waals surface area contributed by atoms with E-state index in [-0.39, 0.29) is 0 Å². The van der Waals surface area contributed by atoms with Gasteiger partial charge in [-0.15, -0.1) is 0 Å². The zero-order valence-electron chi connectivity index (χ0n) is 8.61. The smallest absolute Gasteiger partial charge is 0.449 e. The van der Waals surface area contributed by atoms with Crippen LogP contribution in [0.3, 0.4) is 0 Å². The fraction of sp³-hybridized carbons (Fsp3) is 1.00. The Morgan fingerprint density at radius 2 is 1.91 bits per heavy atom. The molecular weight excluding hydrogens is 167 g/mol. The van der Waals surface area contributed by atoms with E-state index in [0.717, 1.165) is 10.5 Å². The first-order valence-corrected chi connectivity index (χ1v) is 7.50. The minimum absolute atomic E-state index is 0.525. The molecule has 3 heteroatoms. The summed E-state index contributed by atoms with van der Waals surface area (Å²) in [7, 11) is 0.939. The zero-order valence-corrected chi connectivity index (χ0v) is 11.8. The van der Waals surface area contributed by atoms with Crippen molar-refractivity contribution in [2.45, 2.75) is 44.7 Å². The van der Waals surface area contributed by atoms with Crippen LogP contribution in [0.1, 0.15) is 34.1 Å². The van der Waals surface area contributed by atoms with Gasteiger partial charge in [-0.25, -0.2) is 0 Å². The third-order valence-electron chi connectivity index (χ3n) is 2.53. The van der Waals surface area contributed by atoms with E-state index >= 15 is 0 Å². The standard InChI is InChI=1S/C6H13.C2H5.Al.H3OSi/c1-5-6(2,3)4;1-2;;1-2/h2,5H2,1,3-4H3;1H2,2H3;;2H3/q;;+1;-1. The van der Waals surface area contributed by atoms with Crippen LogP contribution in [-0.2, 0) is 3.48 Å². The summed E-state index contributed by atoms with van der Waals surface area (Å²) >= 11 is -0.773. The lowest BCUT2D eigenvalue weighted by molar-refractivity contribution is 0.380. The molecule has 0 amide bonds. The Labute approximate surface area is 78.8 Å². The maximum Gasteiger partial charge on any atom is 0.449 e. The quantitative estimate of drug-likeness (QED) is 0.597. The van der Waals surface area contributed by atoms with E-state index in [1.165, 1.54) is 17.0 Å². The first kappa shape index (κ1) is 11.7. The van der Waals surface area contributed by atoms with E-state index in [1.54, 1.807) is 0 Å². The van der Waals surface area contributed by atoms with Gasteiger partial charge in [0, 0.05) is 0 Å². The van der Waals surface area contributed by atoms with Crippen LogP contribution in [0, 0.1) is 5.41 Å². The van der Waals surface area contributed by atoms with Gasteiger partial charge in [0.05, 0.1) is 0 Å². The second-order valence-electron chi connectivity index (χ2n) is 3.99. The summed E-state index contributed by atoms with van der Waals surface area (Å²) in [4.78, 5) is 0. The highest BCUT2D eigenvalue weighted by Gasteiger charge is 2.25. The van der Waals surface area contributed by atoms with Crippen molar-refractivity contribution in [3.63, 3.8) is 0 Å². The normalized spacial score (nSPS) is 12.0. The molecule has 66 valence electrons. The Morgan fingerprint density at radius 1 is 1.36 bits per heavy atom. The van der Waals surface area contributed by atoms with Crippen LogP contribution in [-0.4, -0.2) is 25.0 Å². The van der Waals surface area contributed by atoms with E-state index in [2.05, 4.69) is 27.7 Å². The highest BCUT2D eigenvalue weighted by molar-refractivity contribution is 6.55. The SMILES string of the molecule is C[CH2][Al]([CH2]C(C)(C)CC)[O][SiH3]. The summed E-state index contributed by atoms with van der Waals surface area (Å²) in [5.41, 5.74) is 0.525. The molecule has 0 aliphatic heterocycles. The molecule has 0 heterocycles. The highest BCUT2D eigenvalue weighted by Crippen LogP contribution is 2.27. The van der Waals surface area contributed by atoms with E-state index in [9.17, 15) is 0 Å². The van der Waals surface area contributed by atoms with Crippen LogP contribution < -0.4 is 0 Å². The van der Waals surface area contributed by atoms with Crippen molar-refractivity contribution in [1.82, 2.24) is 0 Å². The second-order valence-corrected chi connectivity index (χ2v) is 8.34. The lowest BCUT2D eigenvalue weighted by Crippen LogP contribution is -2.24. The van der Waals surface area contributed by atoms with Crippen LogP contribution in [0.2, 0.25) is 10.6 Å². The molecule has 0 saturated carbocycles. The topological polar surface area (TPSA) is 9.23 Å². The monoisotopic (exact) mass is 188 g/mol. The van der Waals surface area contributed by atoms with E-state index < -0.39 is 14.5 Å². The Morgan fingerprint density at radius 3 is 2.18 bits per heavy atom. The van der Waals surface area contributed by atoms with Gasteiger partial charge in [-0.05, 0) is 5.41 Å². The number of hydrogen-bond donors (Lipinski definition) is 0. The maximum atomic E-state index is 5.61. The molecule has 1 nitrogen and oxygen atoms in total. The largest absolute Gasteiger partial charge is 0.552 e. The third kappa shape index (κ3) is 5.03. The van der Waals surface area contributed by atoms with Crippen molar-refractivity contribution in [2.75, 3.05) is 0 Å². The molecule has 0 saturated heterocycles. The summed E-state index contributed by atoms with van der Waals surface area (Å²) < 4.78 is 5.61. The molecule has 0 aromatic rings. The van der Waals surface area contributed by atoms with Gasteiger partial charge in [0.15, 0.2) is 0 Å². The average Bonchev–Trinajstić information content (AvgIpc) is 2.00. The lowest BCUT2D eigenvalue weighted by atomic mass is 9.93. The Balaban J connectivity index is 3.79. The molecule has 0 radical (unpaired) electrons. The Hall–Kier alpha value is 0.709. The Bertz CT molecular complexity index is 102. The van der Waals surface area contributed by atoms with Gasteiger partial charge in [0.25, 0.3) is 0 Å². The van der Waals surface area contributed by atoms with Crippen LogP contribution in [0.15, 0.2) is 0 Å². The van der Waals surface area contributed by atoms with Gasteiger partial charge >= 0.3 is 14.5 Å². The summed E-state index contributed by atoms with van der Waals surface area (Å²) in [6.45, 7) is 9.24. The summed E-state index contributed by atoms with van der Waals surface area (Å²) in [5, 5.41) is 2.65. The summed E-state index contributed by atoms with van der Waals surface area (Å²) in [6, 6.07) is 0. The molecule has 11 heavy (non-hydrogen) atoms. The zero-order chi connectivity index (χ0) is 8.91. The van der Waals surface area contributed by atoms with E-state index in [0.29, 0.717) is 5.41 Å². The van der Waals surface area contributed by atoms with Crippen LogP contribution in [0.4, 0.5) is 0 Å². The van der Waals surface area contributed by atoms with Crippen molar-refractivity contribution >= 4 is 25.0 Å². The first-order chi connectivity index (χ1) is 5.05. The predicted molar refractivity (Wildman–Crippen MR) is 56.1 cm³/mol. The molecule has 0 atom stereocenters. The fourth-order valence-corrected chi connectivity index (χ4v) is 4.97. The third-order valence-corrected chi connectivity index (χ3v) is 7.66. The molecule has 0 unspecified atom stereocenters. The number of hydrogen-bond acceptors (Lipinski definition) is 1. The molecule has 0 aliphatic rings. The van der Waals surface area contributed by atoms with Crippen molar-refractivity contribution in [2.24, 2.45) is 5.41 Å². The fourth-order valence-electron chi connectivity index (χ4n) is 1.16. The minimum atomic E-state index is -0.773. The van der Waals surface area contributed by atoms with Gasteiger partial charge in [0.1, 0.15) is 10.5 Å². The van der Waals surface area contributed by atoms with Gasteiger partial charge in [-0.3, -0.25) is 0 Å². The maximum absolute atomic E-state index is 5.61. The molecule has 0 aliphatic carbocycles. The van der Waals surface area contributed by atoms with Gasteiger partial charge in [-0.2, -0.15) is 0 Å². The lowest BCUT2D eigenvalue weighted by Gasteiger charge is -2.24. The molecule has 0 rings (SSSR count). The first-order valence-electron chi connectivity index (χ1n) is 4.58. The minimum Gasteiger partial charge on any atom is -0.552 e. The second kappa shape index (κ2) is 5.37. The molecular formula is C8H21AlOSi. The predicted octanol–water partition coefficient (Wildman–Crippen LogP) is 1.73. The molecule has 0 spiro atoms. The van der Waals surface area contributed by atoms with Crippen molar-refractivity contribution in [3.05, 3.63) is 0 Å². The van der Waals surface area contributed by atoms with Crippen molar-refractivity contribution < 1.29 is 3.48 Å². The average molecular weight is 188 g/mol. The Kier molecular flexibility index (Phi) is 5.72. The summed E-state index contributed by atoms with van der Waals surface area (Å²) in [5.74, 6) is 0. The van der Waals surface area contributed by atoms with E-state index in [1.807, 2.05) is 0 Å². The van der Waals surface area contributed by atoms with Crippen LogP contribution in [0.25, 0.3) is 0 Å². The highest BCUT2D eigenvalue weighted by atomic mass is 28.2. The molecule has 0 fully saturated rings. The molecule has 0 aromatic carbocycles. The van der Waals surface area contributed by atoms with Gasteiger partial charge in [-0.1, -0.05) is 44.7 Å². The van der Waals surface area contributed by atoms with Gasteiger partial charge < -0.3 is 3.48 Å². The molecule has 0 N–H and O–H groups in total. The molecule has 0 aromatic heterocycles.